The van der Waals surface area contributed by atoms with Crippen molar-refractivity contribution in [2.45, 2.75) is 51.6 Å². The molecule has 6 nitrogen and oxygen atoms in total. The van der Waals surface area contributed by atoms with Crippen molar-refractivity contribution in [2.75, 3.05) is 20.2 Å². The highest BCUT2D eigenvalue weighted by Gasteiger charge is 2.25. The van der Waals surface area contributed by atoms with Crippen LogP contribution in [-0.2, 0) is 6.54 Å². The summed E-state index contributed by atoms with van der Waals surface area (Å²) in [4.78, 5) is 26.8. The van der Waals surface area contributed by atoms with Gasteiger partial charge in [0.15, 0.2) is 5.75 Å². The van der Waals surface area contributed by atoms with Crippen molar-refractivity contribution in [2.24, 2.45) is 0 Å². The average molecular weight is 428 g/mol. The van der Waals surface area contributed by atoms with E-state index in [4.69, 9.17) is 4.74 Å². The van der Waals surface area contributed by atoms with Crippen LogP contribution in [0, 0.1) is 0 Å². The monoisotopic (exact) mass is 427 g/mol. The van der Waals surface area contributed by atoms with Crippen molar-refractivity contribution in [1.82, 2.24) is 15.2 Å². The Morgan fingerprint density at radius 2 is 2.20 bits per heavy atom. The first-order chi connectivity index (χ1) is 14.7. The van der Waals surface area contributed by atoms with E-state index < -0.39 is 0 Å². The number of hydrogen-bond donors (Lipinski definition) is 2. The van der Waals surface area contributed by atoms with Gasteiger partial charge < -0.3 is 19.9 Å². The standard InChI is InChI=1S/C23H29N3O3S/c1-3-4-14-26-17-10-6-5-9-16(17)20-18(23(26)28)19(29-2)21(30-20)22(27)25-13-11-15-8-7-12-24-15/h5-6,9-10,15,24H,3-4,7-8,11-14H2,1-2H3,(H,25,27). The van der Waals surface area contributed by atoms with Crippen LogP contribution in [-0.4, -0.2) is 36.7 Å². The zero-order chi connectivity index (χ0) is 21.1. The van der Waals surface area contributed by atoms with Gasteiger partial charge in [-0.2, -0.15) is 0 Å². The van der Waals surface area contributed by atoms with E-state index in [9.17, 15) is 9.59 Å². The summed E-state index contributed by atoms with van der Waals surface area (Å²) in [7, 11) is 1.53. The smallest absolute Gasteiger partial charge is 0.265 e. The summed E-state index contributed by atoms with van der Waals surface area (Å²) in [5.41, 5.74) is 0.825. The number of aryl methyl sites for hydroxylation is 1. The fourth-order valence-corrected chi connectivity index (χ4v) is 5.48. The number of thiophene rings is 1. The molecule has 30 heavy (non-hydrogen) atoms. The van der Waals surface area contributed by atoms with Gasteiger partial charge in [-0.3, -0.25) is 9.59 Å². The highest BCUT2D eigenvalue weighted by atomic mass is 32.1. The maximum absolute atomic E-state index is 13.4. The third-order valence-corrected chi connectivity index (χ3v) is 7.05. The fourth-order valence-electron chi connectivity index (χ4n) is 4.27. The lowest BCUT2D eigenvalue weighted by atomic mass is 10.1. The Morgan fingerprint density at radius 3 is 2.93 bits per heavy atom. The molecule has 1 unspecified atom stereocenters. The van der Waals surface area contributed by atoms with E-state index in [1.54, 1.807) is 0 Å². The molecule has 1 fully saturated rings. The summed E-state index contributed by atoms with van der Waals surface area (Å²) in [5.74, 6) is 0.224. The molecule has 4 rings (SSSR count). The molecule has 1 saturated heterocycles. The summed E-state index contributed by atoms with van der Waals surface area (Å²) in [6, 6.07) is 8.39. The van der Waals surface area contributed by atoms with Crippen LogP contribution in [0.25, 0.3) is 21.0 Å². The summed E-state index contributed by atoms with van der Waals surface area (Å²) in [5, 5.41) is 7.97. The first-order valence-corrected chi connectivity index (χ1v) is 11.6. The van der Waals surface area contributed by atoms with E-state index in [1.807, 2.05) is 28.8 Å². The Bertz CT molecular complexity index is 1110. The van der Waals surface area contributed by atoms with Gasteiger partial charge in [0.2, 0.25) is 0 Å². The van der Waals surface area contributed by atoms with Gasteiger partial charge in [-0.15, -0.1) is 11.3 Å². The number of para-hydroxylation sites is 1. The van der Waals surface area contributed by atoms with Gasteiger partial charge in [0.25, 0.3) is 11.5 Å². The van der Waals surface area contributed by atoms with Crippen molar-refractivity contribution in [3.05, 3.63) is 39.5 Å². The minimum atomic E-state index is -0.172. The number of nitrogens with one attached hydrogen (secondary N) is 2. The molecular weight excluding hydrogens is 398 g/mol. The van der Waals surface area contributed by atoms with Crippen molar-refractivity contribution in [1.29, 1.82) is 0 Å². The molecule has 0 aliphatic carbocycles. The molecular formula is C23H29N3O3S. The van der Waals surface area contributed by atoms with Gasteiger partial charge in [0.05, 0.1) is 17.3 Å². The van der Waals surface area contributed by atoms with Crippen LogP contribution in [0.5, 0.6) is 5.75 Å². The van der Waals surface area contributed by atoms with Crippen molar-refractivity contribution >= 4 is 38.2 Å². The van der Waals surface area contributed by atoms with Gasteiger partial charge in [-0.05, 0) is 38.3 Å². The minimum Gasteiger partial charge on any atom is -0.494 e. The summed E-state index contributed by atoms with van der Waals surface area (Å²) < 4.78 is 8.26. The number of carbonyl (C=O) groups excluding carboxylic acids is 1. The molecule has 0 spiro atoms. The molecule has 3 aromatic rings. The Labute approximate surface area is 180 Å². The molecule has 7 heteroatoms. The number of nitrogens with zero attached hydrogens (tertiary/aromatic N) is 1. The maximum atomic E-state index is 13.4. The lowest BCUT2D eigenvalue weighted by Gasteiger charge is -2.11. The SMILES string of the molecule is CCCCn1c(=O)c2c(OC)c(C(=O)NCCC3CCCN3)sc2c2ccccc21. The van der Waals surface area contributed by atoms with E-state index in [-0.39, 0.29) is 11.5 Å². The van der Waals surface area contributed by atoms with Crippen LogP contribution in [0.1, 0.15) is 48.7 Å². The van der Waals surface area contributed by atoms with Gasteiger partial charge in [0.1, 0.15) is 10.3 Å². The number of ether oxygens (including phenoxy) is 1. The zero-order valence-electron chi connectivity index (χ0n) is 17.6. The lowest BCUT2D eigenvalue weighted by molar-refractivity contribution is 0.0954. The predicted octanol–water partition coefficient (Wildman–Crippen LogP) is 3.90. The Kier molecular flexibility index (Phi) is 6.39. The zero-order valence-corrected chi connectivity index (χ0v) is 18.4. The van der Waals surface area contributed by atoms with Crippen LogP contribution in [0.2, 0.25) is 0 Å². The second-order valence-electron chi connectivity index (χ2n) is 7.83. The molecule has 0 radical (unpaired) electrons. The number of carbonyl (C=O) groups is 1. The van der Waals surface area contributed by atoms with Gasteiger partial charge in [-0.25, -0.2) is 0 Å². The van der Waals surface area contributed by atoms with Crippen LogP contribution in [0.15, 0.2) is 29.1 Å². The topological polar surface area (TPSA) is 72.4 Å². The van der Waals surface area contributed by atoms with Crippen molar-refractivity contribution in [3.8, 4) is 5.75 Å². The molecule has 0 bridgehead atoms. The van der Waals surface area contributed by atoms with E-state index in [0.29, 0.717) is 35.1 Å². The minimum absolute atomic E-state index is 0.0838. The number of pyridine rings is 1. The largest absolute Gasteiger partial charge is 0.494 e. The normalized spacial score (nSPS) is 16.4. The van der Waals surface area contributed by atoms with Crippen molar-refractivity contribution < 1.29 is 9.53 Å². The number of hydrogen-bond acceptors (Lipinski definition) is 5. The molecule has 2 N–H and O–H groups in total. The third-order valence-electron chi connectivity index (χ3n) is 5.85. The molecule has 1 amide bonds. The first kappa shape index (κ1) is 20.9. The van der Waals surface area contributed by atoms with Crippen molar-refractivity contribution in [3.63, 3.8) is 0 Å². The number of fused-ring (bicyclic) bond motifs is 3. The number of rotatable bonds is 8. The van der Waals surface area contributed by atoms with Gasteiger partial charge in [0, 0.05) is 24.5 Å². The van der Waals surface area contributed by atoms with Crippen LogP contribution in [0.4, 0.5) is 0 Å². The highest BCUT2D eigenvalue weighted by molar-refractivity contribution is 7.22. The van der Waals surface area contributed by atoms with E-state index in [2.05, 4.69) is 17.6 Å². The number of aromatic nitrogens is 1. The number of amides is 1. The molecule has 1 atom stereocenters. The maximum Gasteiger partial charge on any atom is 0.265 e. The Hall–Kier alpha value is -2.38. The van der Waals surface area contributed by atoms with Crippen LogP contribution >= 0.6 is 11.3 Å². The Balaban J connectivity index is 1.74. The lowest BCUT2D eigenvalue weighted by Crippen LogP contribution is -2.30. The second-order valence-corrected chi connectivity index (χ2v) is 8.85. The number of unbranched alkanes of at least 4 members (excludes halogenated alkanes) is 1. The quantitative estimate of drug-likeness (QED) is 0.572. The summed E-state index contributed by atoms with van der Waals surface area (Å²) >= 11 is 1.35. The first-order valence-electron chi connectivity index (χ1n) is 10.8. The molecule has 0 saturated carbocycles. The van der Waals surface area contributed by atoms with E-state index in [0.717, 1.165) is 47.8 Å². The fraction of sp³-hybridized carbons (Fsp3) is 0.478. The molecule has 2 aromatic heterocycles. The molecule has 3 heterocycles. The summed E-state index contributed by atoms with van der Waals surface area (Å²) in [6.07, 6.45) is 5.19. The molecule has 160 valence electrons. The summed E-state index contributed by atoms with van der Waals surface area (Å²) in [6.45, 7) is 4.43. The van der Waals surface area contributed by atoms with Gasteiger partial charge in [-0.1, -0.05) is 31.5 Å². The molecule has 1 aliphatic rings. The van der Waals surface area contributed by atoms with Crippen LogP contribution in [0.3, 0.4) is 0 Å². The second kappa shape index (κ2) is 9.18. The van der Waals surface area contributed by atoms with E-state index in [1.165, 1.54) is 24.9 Å². The van der Waals surface area contributed by atoms with Gasteiger partial charge >= 0.3 is 0 Å². The molecule has 1 aliphatic heterocycles. The average Bonchev–Trinajstić information content (AvgIpc) is 3.41. The number of methoxy groups -OCH3 is 1. The number of benzene rings is 1. The molecule has 1 aromatic carbocycles. The highest BCUT2D eigenvalue weighted by Crippen LogP contribution is 2.39. The van der Waals surface area contributed by atoms with E-state index >= 15 is 0 Å². The third kappa shape index (κ3) is 3.84. The predicted molar refractivity (Wildman–Crippen MR) is 123 cm³/mol. The Morgan fingerprint density at radius 1 is 1.37 bits per heavy atom. The van der Waals surface area contributed by atoms with Crippen LogP contribution < -0.4 is 20.9 Å².